The molecule has 2 aliphatic carbocycles. The van der Waals surface area contributed by atoms with Gasteiger partial charge in [-0.25, -0.2) is 0 Å². The van der Waals surface area contributed by atoms with Crippen molar-refractivity contribution in [1.82, 2.24) is 5.32 Å². The Morgan fingerprint density at radius 2 is 1.07 bits per heavy atom. The Bertz CT molecular complexity index is 2890. The molecule has 0 bridgehead atoms. The summed E-state index contributed by atoms with van der Waals surface area (Å²) in [7, 11) is 0. The fourth-order valence-electron chi connectivity index (χ4n) is 9.75. The summed E-state index contributed by atoms with van der Waals surface area (Å²) in [4.78, 5) is 0. The van der Waals surface area contributed by atoms with Gasteiger partial charge in [0.25, 0.3) is 0 Å². The van der Waals surface area contributed by atoms with Crippen molar-refractivity contribution in [2.75, 3.05) is 0 Å². The summed E-state index contributed by atoms with van der Waals surface area (Å²) in [6, 6.07) is 64.2. The maximum absolute atomic E-state index is 6.89. The molecule has 0 fully saturated rings. The monoisotopic (exact) mass is 748 g/mol. The Kier molecular flexibility index (Phi) is 8.67. The van der Waals surface area contributed by atoms with Gasteiger partial charge in [-0.05, 0) is 125 Å². The van der Waals surface area contributed by atoms with Crippen LogP contribution in [-0.2, 0) is 10.8 Å². The lowest BCUT2D eigenvalue weighted by Crippen LogP contribution is -2.31. The zero-order valence-electron chi connectivity index (χ0n) is 33.6. The Labute approximate surface area is 342 Å². The summed E-state index contributed by atoms with van der Waals surface area (Å²) in [6.07, 6.45) is 4.16. The first-order valence-corrected chi connectivity index (χ1v) is 20.5. The van der Waals surface area contributed by atoms with Crippen LogP contribution in [0.15, 0.2) is 182 Å². The first-order chi connectivity index (χ1) is 28.2. The molecule has 2 aliphatic rings. The maximum Gasteiger partial charge on any atom is 0.0817 e. The van der Waals surface area contributed by atoms with Crippen LogP contribution in [0.1, 0.15) is 78.8 Å². The quantitative estimate of drug-likeness (QED) is 0.152. The second-order valence-electron chi connectivity index (χ2n) is 17.2. The van der Waals surface area contributed by atoms with Crippen molar-refractivity contribution in [3.8, 4) is 44.5 Å². The van der Waals surface area contributed by atoms with Crippen LogP contribution in [0.2, 0.25) is 0 Å². The molecule has 0 heterocycles. The minimum Gasteiger partial charge on any atom is -0.312 e. The molecule has 282 valence electrons. The average Bonchev–Trinajstić information content (AvgIpc) is 3.63. The molecule has 2 heteroatoms. The van der Waals surface area contributed by atoms with E-state index in [1.807, 2.05) is 18.2 Å². The lowest BCUT2D eigenvalue weighted by atomic mass is 9.81. The number of fused-ring (bicyclic) bond motifs is 7. The van der Waals surface area contributed by atoms with Gasteiger partial charge in [-0.15, -0.1) is 0 Å². The van der Waals surface area contributed by atoms with Crippen molar-refractivity contribution in [2.45, 2.75) is 50.7 Å². The van der Waals surface area contributed by atoms with E-state index in [0.717, 1.165) is 16.7 Å². The number of rotatable bonds is 8. The molecule has 8 aromatic carbocycles. The predicted molar refractivity (Wildman–Crippen MR) is 245 cm³/mol. The first kappa shape index (κ1) is 36.0. The van der Waals surface area contributed by atoms with Crippen molar-refractivity contribution in [3.05, 3.63) is 221 Å². The Morgan fingerprint density at radius 1 is 0.448 bits per heavy atom. The SMILES string of the molecule is CC1(C)c2ccccc2-c2cc(-c3cccc(C(/C=C/c4cccc(-c5cccc6c5-c5cc7ccccc7cc5C6(C)C)c4)NC(N)c4ccccc4)c3)ccc21. The average molecular weight is 749 g/mol. The van der Waals surface area contributed by atoms with Gasteiger partial charge in [0, 0.05) is 10.8 Å². The molecule has 0 radical (unpaired) electrons. The molecular formula is C56H48N2. The number of hydrogen-bond donors (Lipinski definition) is 2. The summed E-state index contributed by atoms with van der Waals surface area (Å²) < 4.78 is 0. The molecule has 8 aromatic rings. The summed E-state index contributed by atoms with van der Waals surface area (Å²) >= 11 is 0. The van der Waals surface area contributed by atoms with Crippen LogP contribution in [0.3, 0.4) is 0 Å². The molecule has 2 atom stereocenters. The molecule has 0 spiro atoms. The van der Waals surface area contributed by atoms with Crippen molar-refractivity contribution < 1.29 is 0 Å². The van der Waals surface area contributed by atoms with Gasteiger partial charge in [0.1, 0.15) is 0 Å². The second kappa shape index (κ2) is 14.0. The van der Waals surface area contributed by atoms with E-state index in [4.69, 9.17) is 5.73 Å². The van der Waals surface area contributed by atoms with E-state index in [1.165, 1.54) is 77.5 Å². The minimum atomic E-state index is -0.351. The van der Waals surface area contributed by atoms with Crippen LogP contribution in [0, 0.1) is 0 Å². The highest BCUT2D eigenvalue weighted by molar-refractivity contribution is 5.98. The topological polar surface area (TPSA) is 38.0 Å². The highest BCUT2D eigenvalue weighted by Gasteiger charge is 2.37. The van der Waals surface area contributed by atoms with Crippen molar-refractivity contribution in [2.24, 2.45) is 5.73 Å². The Morgan fingerprint density at radius 3 is 1.91 bits per heavy atom. The fourth-order valence-corrected chi connectivity index (χ4v) is 9.75. The minimum absolute atomic E-state index is 0.0203. The number of nitrogens with one attached hydrogen (secondary N) is 1. The van der Waals surface area contributed by atoms with E-state index in [2.05, 4.69) is 203 Å². The van der Waals surface area contributed by atoms with E-state index in [9.17, 15) is 0 Å². The molecule has 0 saturated heterocycles. The van der Waals surface area contributed by atoms with Gasteiger partial charge < -0.3 is 5.73 Å². The number of hydrogen-bond acceptors (Lipinski definition) is 2. The molecule has 2 unspecified atom stereocenters. The van der Waals surface area contributed by atoms with E-state index in [0.29, 0.717) is 0 Å². The maximum atomic E-state index is 6.89. The smallest absolute Gasteiger partial charge is 0.0817 e. The molecule has 10 rings (SSSR count). The summed E-state index contributed by atoms with van der Waals surface area (Å²) in [6.45, 7) is 9.39. The molecule has 0 aliphatic heterocycles. The first-order valence-electron chi connectivity index (χ1n) is 20.5. The van der Waals surface area contributed by atoms with E-state index < -0.39 is 0 Å². The lowest BCUT2D eigenvalue weighted by molar-refractivity contribution is 0.509. The van der Waals surface area contributed by atoms with Crippen LogP contribution in [0.25, 0.3) is 61.4 Å². The van der Waals surface area contributed by atoms with Gasteiger partial charge in [-0.2, -0.15) is 0 Å². The zero-order valence-corrected chi connectivity index (χ0v) is 33.6. The standard InChI is InChI=1S/C56H48N2/c1-55(2)48-25-11-10-23-45(48)46-33-41(28-29-49(46)55)38-20-13-22-43(32-38)52(58-54(57)37-16-6-5-7-17-37)30-27-36-15-12-21-42(31-36)44-24-14-26-50-53(44)47-34-39-18-8-9-19-40(39)35-51(47)56(50,3)4/h5-35,52,54,58H,57H2,1-4H3/b30-27+. The number of benzene rings is 8. The summed E-state index contributed by atoms with van der Waals surface area (Å²) in [5.41, 5.74) is 25.9. The van der Waals surface area contributed by atoms with Gasteiger partial charge in [0.15, 0.2) is 0 Å². The van der Waals surface area contributed by atoms with Crippen molar-refractivity contribution in [3.63, 3.8) is 0 Å². The van der Waals surface area contributed by atoms with Crippen LogP contribution >= 0.6 is 0 Å². The lowest BCUT2D eigenvalue weighted by Gasteiger charge is -2.23. The predicted octanol–water partition coefficient (Wildman–Crippen LogP) is 13.8. The van der Waals surface area contributed by atoms with E-state index >= 15 is 0 Å². The van der Waals surface area contributed by atoms with E-state index in [-0.39, 0.29) is 23.0 Å². The molecule has 3 N–H and O–H groups in total. The Hall–Kier alpha value is -6.32. The van der Waals surface area contributed by atoms with E-state index in [1.54, 1.807) is 0 Å². The van der Waals surface area contributed by atoms with Crippen molar-refractivity contribution >= 4 is 16.8 Å². The highest BCUT2D eigenvalue weighted by atomic mass is 15.0. The third-order valence-electron chi connectivity index (χ3n) is 12.9. The fraction of sp³-hybridized carbons (Fsp3) is 0.143. The Balaban J connectivity index is 1.02. The van der Waals surface area contributed by atoms with Gasteiger partial charge >= 0.3 is 0 Å². The molecule has 0 aromatic heterocycles. The molecular weight excluding hydrogens is 701 g/mol. The second-order valence-corrected chi connectivity index (χ2v) is 17.2. The van der Waals surface area contributed by atoms with Crippen LogP contribution < -0.4 is 11.1 Å². The third-order valence-corrected chi connectivity index (χ3v) is 12.9. The van der Waals surface area contributed by atoms with Gasteiger partial charge in [-0.1, -0.05) is 185 Å². The van der Waals surface area contributed by atoms with Gasteiger partial charge in [0.05, 0.1) is 12.2 Å². The molecule has 58 heavy (non-hydrogen) atoms. The molecule has 0 saturated carbocycles. The van der Waals surface area contributed by atoms with Crippen molar-refractivity contribution in [1.29, 1.82) is 0 Å². The third kappa shape index (κ3) is 6.03. The highest BCUT2D eigenvalue weighted by Crippen LogP contribution is 2.53. The van der Waals surface area contributed by atoms with Crippen LogP contribution in [0.5, 0.6) is 0 Å². The van der Waals surface area contributed by atoms with Crippen LogP contribution in [0.4, 0.5) is 0 Å². The zero-order chi connectivity index (χ0) is 39.6. The largest absolute Gasteiger partial charge is 0.312 e. The molecule has 0 amide bonds. The van der Waals surface area contributed by atoms with Gasteiger partial charge in [-0.3, -0.25) is 5.32 Å². The normalized spacial score (nSPS) is 15.5. The van der Waals surface area contributed by atoms with Gasteiger partial charge in [0.2, 0.25) is 0 Å². The summed E-state index contributed by atoms with van der Waals surface area (Å²) in [5, 5.41) is 6.34. The summed E-state index contributed by atoms with van der Waals surface area (Å²) in [5.74, 6) is 0. The number of nitrogens with two attached hydrogens (primary N) is 1. The van der Waals surface area contributed by atoms with Crippen LogP contribution in [-0.4, -0.2) is 0 Å². The molecule has 2 nitrogen and oxygen atoms in total.